The second kappa shape index (κ2) is 8.68. The van der Waals surface area contributed by atoms with Crippen LogP contribution in [0.5, 0.6) is 0 Å². The number of piperidine rings is 1. The molecule has 4 heteroatoms. The Morgan fingerprint density at radius 1 is 1.04 bits per heavy atom. The summed E-state index contributed by atoms with van der Waals surface area (Å²) in [5.74, 6) is 1.78. The van der Waals surface area contributed by atoms with Crippen molar-refractivity contribution >= 4 is 11.3 Å². The van der Waals surface area contributed by atoms with Gasteiger partial charge in [-0.25, -0.2) is 4.39 Å². The number of hydrogen-bond acceptors (Lipinski definition) is 3. The van der Waals surface area contributed by atoms with Gasteiger partial charge in [0.15, 0.2) is 0 Å². The van der Waals surface area contributed by atoms with Crippen LogP contribution >= 0.6 is 11.3 Å². The molecule has 0 aliphatic carbocycles. The van der Waals surface area contributed by atoms with E-state index in [0.717, 1.165) is 26.2 Å². The molecule has 2 aliphatic heterocycles. The largest absolute Gasteiger partial charge is 0.303 e. The Hall–Kier alpha value is -1.49. The van der Waals surface area contributed by atoms with Gasteiger partial charge in [0.05, 0.1) is 0 Å². The first-order chi connectivity index (χ1) is 13.2. The zero-order chi connectivity index (χ0) is 18.6. The molecule has 144 valence electrons. The van der Waals surface area contributed by atoms with Gasteiger partial charge in [-0.1, -0.05) is 18.2 Å². The lowest BCUT2D eigenvalue weighted by Gasteiger charge is -2.34. The summed E-state index contributed by atoms with van der Waals surface area (Å²) in [6, 6.07) is 9.43. The van der Waals surface area contributed by atoms with E-state index in [2.05, 4.69) is 33.2 Å². The first-order valence-corrected chi connectivity index (χ1v) is 11.0. The number of hydrogen-bond donors (Lipinski definition) is 0. The van der Waals surface area contributed by atoms with Crippen molar-refractivity contribution in [3.63, 3.8) is 0 Å². The van der Waals surface area contributed by atoms with Crippen molar-refractivity contribution in [2.75, 3.05) is 39.3 Å². The molecule has 2 atom stereocenters. The van der Waals surface area contributed by atoms with Crippen LogP contribution in [0.3, 0.4) is 0 Å². The Morgan fingerprint density at radius 3 is 2.48 bits per heavy atom. The average molecular weight is 385 g/mol. The summed E-state index contributed by atoms with van der Waals surface area (Å²) in [6.07, 6.45) is 4.39. The van der Waals surface area contributed by atoms with Crippen LogP contribution in [0.4, 0.5) is 4.39 Å². The van der Waals surface area contributed by atoms with Crippen LogP contribution in [0.2, 0.25) is 0 Å². The molecule has 2 saturated heterocycles. The molecule has 4 rings (SSSR count). The summed E-state index contributed by atoms with van der Waals surface area (Å²) >= 11 is 1.81. The lowest BCUT2D eigenvalue weighted by atomic mass is 9.87. The summed E-state index contributed by atoms with van der Waals surface area (Å²) in [4.78, 5) is 5.20. The van der Waals surface area contributed by atoms with Crippen LogP contribution in [0.15, 0.2) is 53.7 Å². The van der Waals surface area contributed by atoms with Crippen molar-refractivity contribution in [3.8, 4) is 0 Å². The maximum Gasteiger partial charge on any atom is 0.123 e. The molecule has 2 nitrogen and oxygen atoms in total. The molecule has 0 spiro atoms. The summed E-state index contributed by atoms with van der Waals surface area (Å²) in [5.41, 5.74) is 2.81. The smallest absolute Gasteiger partial charge is 0.123 e. The molecule has 2 aromatic rings. The van der Waals surface area contributed by atoms with E-state index in [-0.39, 0.29) is 5.82 Å². The Balaban J connectivity index is 1.35. The maximum absolute atomic E-state index is 13.2. The molecule has 27 heavy (non-hydrogen) atoms. The third-order valence-corrected chi connectivity index (χ3v) is 7.00. The van der Waals surface area contributed by atoms with Gasteiger partial charge < -0.3 is 4.90 Å². The molecule has 0 bridgehead atoms. The second-order valence-corrected chi connectivity index (χ2v) is 8.84. The molecular formula is C23H29FN2S. The van der Waals surface area contributed by atoms with E-state index in [0.29, 0.717) is 17.8 Å². The summed E-state index contributed by atoms with van der Waals surface area (Å²) in [6.45, 7) is 10.7. The van der Waals surface area contributed by atoms with E-state index in [4.69, 9.17) is 0 Å². The lowest BCUT2D eigenvalue weighted by Crippen LogP contribution is -2.38. The SMILES string of the molecule is C=CCN1C[C@@H](CN2CCC(c3ccc(F)cc3)CC2)[C@H](c2ccsc2)C1. The van der Waals surface area contributed by atoms with Gasteiger partial charge in [-0.3, -0.25) is 4.90 Å². The third kappa shape index (κ3) is 4.50. The topological polar surface area (TPSA) is 6.48 Å². The zero-order valence-corrected chi connectivity index (χ0v) is 16.7. The fourth-order valence-electron chi connectivity index (χ4n) is 4.86. The van der Waals surface area contributed by atoms with Crippen LogP contribution in [-0.4, -0.2) is 49.1 Å². The lowest BCUT2D eigenvalue weighted by molar-refractivity contribution is 0.178. The van der Waals surface area contributed by atoms with Crippen molar-refractivity contribution in [1.29, 1.82) is 0 Å². The second-order valence-electron chi connectivity index (χ2n) is 8.06. The Labute approximate surface area is 166 Å². The highest BCUT2D eigenvalue weighted by Crippen LogP contribution is 2.36. The molecule has 0 saturated carbocycles. The minimum Gasteiger partial charge on any atom is -0.303 e. The summed E-state index contributed by atoms with van der Waals surface area (Å²) in [7, 11) is 0. The maximum atomic E-state index is 13.2. The van der Waals surface area contributed by atoms with Gasteiger partial charge in [0, 0.05) is 32.1 Å². The first kappa shape index (κ1) is 18.9. The molecule has 0 amide bonds. The highest BCUT2D eigenvalue weighted by Gasteiger charge is 2.35. The molecule has 2 aliphatic rings. The molecule has 2 fully saturated rings. The van der Waals surface area contributed by atoms with Gasteiger partial charge in [0.2, 0.25) is 0 Å². The highest BCUT2D eigenvalue weighted by molar-refractivity contribution is 7.08. The van der Waals surface area contributed by atoms with Crippen LogP contribution in [0.1, 0.15) is 35.8 Å². The third-order valence-electron chi connectivity index (χ3n) is 6.30. The molecule has 1 aromatic carbocycles. The average Bonchev–Trinajstić information content (AvgIpc) is 3.33. The Bertz CT molecular complexity index is 719. The summed E-state index contributed by atoms with van der Waals surface area (Å²) < 4.78 is 13.2. The number of thiophene rings is 1. The molecule has 0 N–H and O–H groups in total. The van der Waals surface area contributed by atoms with Gasteiger partial charge in [-0.15, -0.1) is 6.58 Å². The van der Waals surface area contributed by atoms with Gasteiger partial charge in [-0.05, 0) is 77.9 Å². The van der Waals surface area contributed by atoms with Crippen molar-refractivity contribution in [2.24, 2.45) is 5.92 Å². The van der Waals surface area contributed by atoms with E-state index in [1.54, 1.807) is 12.1 Å². The molecule has 1 aromatic heterocycles. The van der Waals surface area contributed by atoms with Gasteiger partial charge in [0.1, 0.15) is 5.82 Å². The number of halogens is 1. The van der Waals surface area contributed by atoms with E-state index >= 15 is 0 Å². The quantitative estimate of drug-likeness (QED) is 0.649. The number of nitrogens with zero attached hydrogens (tertiary/aromatic N) is 2. The Morgan fingerprint density at radius 2 is 1.81 bits per heavy atom. The normalized spacial score (nSPS) is 25.1. The standard InChI is InChI=1S/C23H29FN2S/c1-2-10-26-15-21(23(16-26)20-9-13-27-17-20)14-25-11-7-19(8-12-25)18-3-5-22(24)6-4-18/h2-6,9,13,17,19,21,23H,1,7-8,10-12,14-16H2/t21-,23+/m1/s1. The fraction of sp³-hybridized carbons (Fsp3) is 0.478. The van der Waals surface area contributed by atoms with Crippen LogP contribution in [-0.2, 0) is 0 Å². The predicted octanol–water partition coefficient (Wildman–Crippen LogP) is 4.97. The molecule has 0 unspecified atom stereocenters. The molecule has 3 heterocycles. The number of likely N-dealkylation sites (tertiary alicyclic amines) is 2. The molecular weight excluding hydrogens is 355 g/mol. The van der Waals surface area contributed by atoms with Gasteiger partial charge in [0.25, 0.3) is 0 Å². The van der Waals surface area contributed by atoms with Crippen molar-refractivity contribution in [3.05, 3.63) is 70.7 Å². The minimum absolute atomic E-state index is 0.138. The van der Waals surface area contributed by atoms with E-state index in [1.807, 2.05) is 29.5 Å². The number of benzene rings is 1. The zero-order valence-electron chi connectivity index (χ0n) is 15.9. The Kier molecular flexibility index (Phi) is 6.06. The van der Waals surface area contributed by atoms with E-state index in [9.17, 15) is 4.39 Å². The predicted molar refractivity (Wildman–Crippen MR) is 112 cm³/mol. The van der Waals surface area contributed by atoms with Crippen LogP contribution in [0, 0.1) is 11.7 Å². The van der Waals surface area contributed by atoms with Gasteiger partial charge in [-0.2, -0.15) is 11.3 Å². The van der Waals surface area contributed by atoms with Crippen molar-refractivity contribution in [1.82, 2.24) is 9.80 Å². The van der Waals surface area contributed by atoms with E-state index in [1.165, 1.54) is 37.1 Å². The van der Waals surface area contributed by atoms with Gasteiger partial charge >= 0.3 is 0 Å². The van der Waals surface area contributed by atoms with Crippen LogP contribution < -0.4 is 0 Å². The first-order valence-electron chi connectivity index (χ1n) is 10.1. The van der Waals surface area contributed by atoms with Crippen LogP contribution in [0.25, 0.3) is 0 Å². The summed E-state index contributed by atoms with van der Waals surface area (Å²) in [5, 5.41) is 4.53. The van der Waals surface area contributed by atoms with Crippen molar-refractivity contribution in [2.45, 2.75) is 24.7 Å². The number of rotatable bonds is 6. The monoisotopic (exact) mass is 384 g/mol. The van der Waals surface area contributed by atoms with Crippen molar-refractivity contribution < 1.29 is 4.39 Å². The molecule has 0 radical (unpaired) electrons. The fourth-order valence-corrected chi connectivity index (χ4v) is 5.58. The highest BCUT2D eigenvalue weighted by atomic mass is 32.1. The van der Waals surface area contributed by atoms with E-state index < -0.39 is 0 Å². The minimum atomic E-state index is -0.138.